The Bertz CT molecular complexity index is 946. The summed E-state index contributed by atoms with van der Waals surface area (Å²) in [4.78, 5) is 23.2. The molecule has 0 bridgehead atoms. The largest absolute Gasteiger partial charge is 0.310 e. The Hall–Kier alpha value is -2.80. The van der Waals surface area contributed by atoms with Gasteiger partial charge < -0.3 is 5.32 Å². The van der Waals surface area contributed by atoms with Crippen molar-refractivity contribution in [3.8, 4) is 11.3 Å². The Labute approximate surface area is 152 Å². The third kappa shape index (κ3) is 3.43. The number of carbonyl (C=O) groups excluding carboxylic acids is 1. The zero-order chi connectivity index (χ0) is 18.1. The molecule has 0 saturated heterocycles. The second-order valence-electron chi connectivity index (χ2n) is 6.94. The van der Waals surface area contributed by atoms with E-state index in [1.54, 1.807) is 23.3 Å². The van der Waals surface area contributed by atoms with Crippen molar-refractivity contribution < 1.29 is 4.79 Å². The van der Waals surface area contributed by atoms with Crippen LogP contribution in [0.5, 0.6) is 0 Å². The number of aryl methyl sites for hydroxylation is 1. The van der Waals surface area contributed by atoms with E-state index in [4.69, 9.17) is 0 Å². The van der Waals surface area contributed by atoms with Gasteiger partial charge in [0, 0.05) is 42.6 Å². The van der Waals surface area contributed by atoms with Crippen molar-refractivity contribution in [3.05, 3.63) is 36.9 Å². The van der Waals surface area contributed by atoms with Crippen LogP contribution in [-0.2, 0) is 11.8 Å². The Morgan fingerprint density at radius 2 is 2.04 bits per heavy atom. The standard InChI is InChI=1S/C19H22N6O/c1-24(16-4-3-5-16)12-19(26)23-18-7-13-6-17(15-10-22-25(2)11-15)20-8-14(13)9-21-18/h6-11,16H,3-5,12H2,1-2H3,(H,21,23,26). The number of nitrogens with zero attached hydrogens (tertiary/aromatic N) is 5. The van der Waals surface area contributed by atoms with E-state index in [-0.39, 0.29) is 5.91 Å². The summed E-state index contributed by atoms with van der Waals surface area (Å²) in [6.45, 7) is 0.391. The first kappa shape index (κ1) is 16.7. The molecule has 0 radical (unpaired) electrons. The van der Waals surface area contributed by atoms with E-state index in [0.717, 1.165) is 22.0 Å². The number of rotatable bonds is 5. The number of carbonyl (C=O) groups is 1. The molecule has 3 heterocycles. The summed E-state index contributed by atoms with van der Waals surface area (Å²) >= 11 is 0. The van der Waals surface area contributed by atoms with Crippen molar-refractivity contribution in [3.63, 3.8) is 0 Å². The Kier molecular flexibility index (Phi) is 4.38. The van der Waals surface area contributed by atoms with Crippen molar-refractivity contribution in [2.75, 3.05) is 18.9 Å². The number of fused-ring (bicyclic) bond motifs is 1. The second-order valence-corrected chi connectivity index (χ2v) is 6.94. The lowest BCUT2D eigenvalue weighted by atomic mass is 9.92. The lowest BCUT2D eigenvalue weighted by Gasteiger charge is -2.34. The monoisotopic (exact) mass is 350 g/mol. The molecule has 1 amide bonds. The van der Waals surface area contributed by atoms with Gasteiger partial charge in [0.15, 0.2) is 0 Å². The van der Waals surface area contributed by atoms with E-state index in [0.29, 0.717) is 18.4 Å². The maximum Gasteiger partial charge on any atom is 0.239 e. The van der Waals surface area contributed by atoms with Crippen LogP contribution in [-0.4, -0.2) is 50.2 Å². The van der Waals surface area contributed by atoms with E-state index in [2.05, 4.69) is 25.3 Å². The van der Waals surface area contributed by atoms with Crippen molar-refractivity contribution in [1.29, 1.82) is 0 Å². The van der Waals surface area contributed by atoms with Crippen LogP contribution in [0.25, 0.3) is 22.0 Å². The van der Waals surface area contributed by atoms with Crippen LogP contribution in [0.3, 0.4) is 0 Å². The molecular weight excluding hydrogens is 328 g/mol. The lowest BCUT2D eigenvalue weighted by molar-refractivity contribution is -0.117. The van der Waals surface area contributed by atoms with Crippen molar-refractivity contribution in [2.24, 2.45) is 7.05 Å². The first-order valence-electron chi connectivity index (χ1n) is 8.83. The molecule has 0 aromatic carbocycles. The highest BCUT2D eigenvalue weighted by molar-refractivity contribution is 5.94. The molecule has 0 aliphatic heterocycles. The van der Waals surface area contributed by atoms with Gasteiger partial charge in [-0.1, -0.05) is 6.42 Å². The van der Waals surface area contributed by atoms with Gasteiger partial charge in [0.25, 0.3) is 0 Å². The number of nitrogens with one attached hydrogen (secondary N) is 1. The van der Waals surface area contributed by atoms with Gasteiger partial charge in [0.1, 0.15) is 5.82 Å². The summed E-state index contributed by atoms with van der Waals surface area (Å²) in [6.07, 6.45) is 10.9. The fraction of sp³-hybridized carbons (Fsp3) is 0.368. The van der Waals surface area contributed by atoms with E-state index >= 15 is 0 Å². The number of likely N-dealkylation sites (N-methyl/N-ethyl adjacent to an activating group) is 1. The first-order chi connectivity index (χ1) is 12.6. The SMILES string of the molecule is CN(CC(=O)Nc1cc2cc(-c3cnn(C)c3)ncc2cn1)C1CCC1. The molecule has 0 spiro atoms. The maximum atomic E-state index is 12.3. The third-order valence-electron chi connectivity index (χ3n) is 4.96. The molecule has 4 rings (SSSR count). The number of anilines is 1. The van der Waals surface area contributed by atoms with Gasteiger partial charge >= 0.3 is 0 Å². The zero-order valence-corrected chi connectivity index (χ0v) is 15.0. The van der Waals surface area contributed by atoms with Crippen LogP contribution >= 0.6 is 0 Å². The number of amides is 1. The van der Waals surface area contributed by atoms with Gasteiger partial charge in [-0.25, -0.2) is 4.98 Å². The number of pyridine rings is 2. The molecule has 1 aliphatic carbocycles. The van der Waals surface area contributed by atoms with E-state index in [9.17, 15) is 4.79 Å². The molecule has 26 heavy (non-hydrogen) atoms. The molecular formula is C19H22N6O. The minimum absolute atomic E-state index is 0.0345. The molecule has 3 aromatic rings. The van der Waals surface area contributed by atoms with Gasteiger partial charge in [-0.15, -0.1) is 0 Å². The number of aromatic nitrogens is 4. The fourth-order valence-electron chi connectivity index (χ4n) is 3.18. The molecule has 3 aromatic heterocycles. The topological polar surface area (TPSA) is 75.9 Å². The van der Waals surface area contributed by atoms with Crippen LogP contribution in [0.2, 0.25) is 0 Å². The number of hydrogen-bond donors (Lipinski definition) is 1. The van der Waals surface area contributed by atoms with E-state index in [1.165, 1.54) is 19.3 Å². The lowest BCUT2D eigenvalue weighted by Crippen LogP contribution is -2.41. The first-order valence-corrected chi connectivity index (χ1v) is 8.83. The zero-order valence-electron chi connectivity index (χ0n) is 15.0. The summed E-state index contributed by atoms with van der Waals surface area (Å²) in [7, 11) is 3.88. The Balaban J connectivity index is 1.51. The minimum Gasteiger partial charge on any atom is -0.310 e. The Morgan fingerprint density at radius 1 is 1.23 bits per heavy atom. The van der Waals surface area contributed by atoms with Crippen LogP contribution in [0.1, 0.15) is 19.3 Å². The van der Waals surface area contributed by atoms with Crippen LogP contribution in [0.15, 0.2) is 36.9 Å². The molecule has 1 aliphatic rings. The average molecular weight is 350 g/mol. The van der Waals surface area contributed by atoms with Crippen molar-refractivity contribution in [2.45, 2.75) is 25.3 Å². The van der Waals surface area contributed by atoms with E-state index < -0.39 is 0 Å². The molecule has 1 fully saturated rings. The highest BCUT2D eigenvalue weighted by atomic mass is 16.2. The minimum atomic E-state index is -0.0345. The van der Waals surface area contributed by atoms with Crippen molar-refractivity contribution in [1.82, 2.24) is 24.6 Å². The van der Waals surface area contributed by atoms with Crippen LogP contribution in [0, 0.1) is 0 Å². The normalized spacial score (nSPS) is 14.6. The predicted molar refractivity (Wildman–Crippen MR) is 101 cm³/mol. The van der Waals surface area contributed by atoms with Crippen LogP contribution < -0.4 is 5.32 Å². The fourth-order valence-corrected chi connectivity index (χ4v) is 3.18. The maximum absolute atomic E-state index is 12.3. The predicted octanol–water partition coefficient (Wildman–Crippen LogP) is 2.45. The quantitative estimate of drug-likeness (QED) is 0.765. The number of hydrogen-bond acceptors (Lipinski definition) is 5. The third-order valence-corrected chi connectivity index (χ3v) is 4.96. The molecule has 1 saturated carbocycles. The summed E-state index contributed by atoms with van der Waals surface area (Å²) in [5.41, 5.74) is 1.80. The van der Waals surface area contributed by atoms with Crippen molar-refractivity contribution >= 4 is 22.5 Å². The molecule has 7 nitrogen and oxygen atoms in total. The second kappa shape index (κ2) is 6.84. The molecule has 0 unspecified atom stereocenters. The van der Waals surface area contributed by atoms with Gasteiger partial charge in [0.2, 0.25) is 5.91 Å². The highest BCUT2D eigenvalue weighted by Crippen LogP contribution is 2.24. The molecule has 1 N–H and O–H groups in total. The summed E-state index contributed by atoms with van der Waals surface area (Å²) in [5.74, 6) is 0.528. The van der Waals surface area contributed by atoms with E-state index in [1.807, 2.05) is 32.4 Å². The van der Waals surface area contributed by atoms with Gasteiger partial charge in [-0.05, 0) is 37.4 Å². The van der Waals surface area contributed by atoms with Gasteiger partial charge in [-0.3, -0.25) is 19.4 Å². The summed E-state index contributed by atoms with van der Waals surface area (Å²) in [5, 5.41) is 9.00. The van der Waals surface area contributed by atoms with Gasteiger partial charge in [-0.2, -0.15) is 5.10 Å². The smallest absolute Gasteiger partial charge is 0.239 e. The summed E-state index contributed by atoms with van der Waals surface area (Å²) in [6, 6.07) is 4.42. The summed E-state index contributed by atoms with van der Waals surface area (Å²) < 4.78 is 1.75. The van der Waals surface area contributed by atoms with Gasteiger partial charge in [0.05, 0.1) is 18.4 Å². The Morgan fingerprint density at radius 3 is 2.73 bits per heavy atom. The highest BCUT2D eigenvalue weighted by Gasteiger charge is 2.23. The molecule has 0 atom stereocenters. The molecule has 134 valence electrons. The van der Waals surface area contributed by atoms with Crippen LogP contribution in [0.4, 0.5) is 5.82 Å². The average Bonchev–Trinajstić information content (AvgIpc) is 2.98. The molecule has 7 heteroatoms.